The number of carboxylic acids is 1. The molecule has 0 spiro atoms. The number of carboxylic acid groups (broad SMARTS) is 1. The maximum Gasteiger partial charge on any atom is 0.305 e. The summed E-state index contributed by atoms with van der Waals surface area (Å²) in [4.78, 5) is 27.3. The molecule has 5 nitrogen and oxygen atoms in total. The molecular formula is C19H18N2O3S2. The van der Waals surface area contributed by atoms with Crippen LogP contribution in [-0.4, -0.2) is 46.8 Å². The largest absolute Gasteiger partial charge is 0.481 e. The number of hydrogen-bond acceptors (Lipinski definition) is 5. The summed E-state index contributed by atoms with van der Waals surface area (Å²) in [6, 6.07) is 12.1. The summed E-state index contributed by atoms with van der Waals surface area (Å²) < 4.78 is 0.400. The summed E-state index contributed by atoms with van der Waals surface area (Å²) in [6.45, 7) is 0.0949. The predicted molar refractivity (Wildman–Crippen MR) is 110 cm³/mol. The molecule has 0 bridgehead atoms. The number of carbonyl (C=O) groups is 2. The normalized spacial score (nSPS) is 15.9. The van der Waals surface area contributed by atoms with Gasteiger partial charge in [-0.25, -0.2) is 0 Å². The molecule has 0 unspecified atom stereocenters. The van der Waals surface area contributed by atoms with Gasteiger partial charge in [0.2, 0.25) is 0 Å². The predicted octanol–water partition coefficient (Wildman–Crippen LogP) is 3.58. The second-order valence-corrected chi connectivity index (χ2v) is 7.77. The van der Waals surface area contributed by atoms with Crippen molar-refractivity contribution in [3.8, 4) is 0 Å². The zero-order chi connectivity index (χ0) is 18.8. The zero-order valence-corrected chi connectivity index (χ0v) is 16.1. The van der Waals surface area contributed by atoms with Gasteiger partial charge in [-0.2, -0.15) is 0 Å². The molecule has 0 aromatic heterocycles. The number of amides is 1. The van der Waals surface area contributed by atoms with Crippen molar-refractivity contribution in [1.82, 2.24) is 4.90 Å². The van der Waals surface area contributed by atoms with Crippen LogP contribution in [-0.2, 0) is 9.59 Å². The second-order valence-electron chi connectivity index (χ2n) is 6.09. The van der Waals surface area contributed by atoms with Crippen molar-refractivity contribution >= 4 is 62.7 Å². The van der Waals surface area contributed by atoms with E-state index in [4.69, 9.17) is 17.3 Å². The molecule has 0 saturated carbocycles. The first-order valence-corrected chi connectivity index (χ1v) is 9.27. The molecule has 26 heavy (non-hydrogen) atoms. The van der Waals surface area contributed by atoms with E-state index in [0.29, 0.717) is 9.23 Å². The Bertz CT molecular complexity index is 938. The Morgan fingerprint density at radius 1 is 1.23 bits per heavy atom. The van der Waals surface area contributed by atoms with Crippen molar-refractivity contribution in [3.05, 3.63) is 46.9 Å². The van der Waals surface area contributed by atoms with E-state index in [9.17, 15) is 9.59 Å². The summed E-state index contributed by atoms with van der Waals surface area (Å²) in [6.07, 6.45) is 1.71. The third-order valence-corrected chi connectivity index (χ3v) is 5.50. The summed E-state index contributed by atoms with van der Waals surface area (Å²) in [5.41, 5.74) is 2.04. The minimum Gasteiger partial charge on any atom is -0.481 e. The maximum absolute atomic E-state index is 12.6. The first-order valence-electron chi connectivity index (χ1n) is 8.04. The van der Waals surface area contributed by atoms with Gasteiger partial charge in [0.25, 0.3) is 5.91 Å². The summed E-state index contributed by atoms with van der Waals surface area (Å²) in [5, 5.41) is 11.0. The van der Waals surface area contributed by atoms with E-state index in [0.717, 1.165) is 22.0 Å². The molecule has 0 atom stereocenters. The van der Waals surface area contributed by atoms with E-state index in [-0.39, 0.29) is 18.9 Å². The van der Waals surface area contributed by atoms with E-state index in [1.165, 1.54) is 16.7 Å². The lowest BCUT2D eigenvalue weighted by Gasteiger charge is -2.16. The number of nitrogens with zero attached hydrogens (tertiary/aromatic N) is 2. The molecular weight excluding hydrogens is 368 g/mol. The Morgan fingerprint density at radius 2 is 1.92 bits per heavy atom. The molecule has 0 radical (unpaired) electrons. The van der Waals surface area contributed by atoms with E-state index in [2.05, 4.69) is 11.0 Å². The summed E-state index contributed by atoms with van der Waals surface area (Å²) >= 11 is 6.45. The van der Waals surface area contributed by atoms with Crippen molar-refractivity contribution in [2.75, 3.05) is 25.5 Å². The van der Waals surface area contributed by atoms with Gasteiger partial charge in [0.15, 0.2) is 0 Å². The number of rotatable bonds is 5. The summed E-state index contributed by atoms with van der Waals surface area (Å²) in [5.74, 6) is -1.18. The molecule has 1 aliphatic heterocycles. The van der Waals surface area contributed by atoms with Gasteiger partial charge >= 0.3 is 5.97 Å². The molecule has 1 N–H and O–H groups in total. The fourth-order valence-corrected chi connectivity index (χ4v) is 4.16. The quantitative estimate of drug-likeness (QED) is 0.626. The smallest absolute Gasteiger partial charge is 0.305 e. The van der Waals surface area contributed by atoms with Crippen molar-refractivity contribution in [3.63, 3.8) is 0 Å². The van der Waals surface area contributed by atoms with Crippen LogP contribution in [0.5, 0.6) is 0 Å². The third kappa shape index (κ3) is 3.59. The highest BCUT2D eigenvalue weighted by Gasteiger charge is 2.32. The van der Waals surface area contributed by atoms with Crippen LogP contribution < -0.4 is 4.90 Å². The summed E-state index contributed by atoms with van der Waals surface area (Å²) in [7, 11) is 3.99. The van der Waals surface area contributed by atoms with Gasteiger partial charge in [-0.05, 0) is 23.1 Å². The lowest BCUT2D eigenvalue weighted by atomic mass is 10.0. The highest BCUT2D eigenvalue weighted by Crippen LogP contribution is 2.35. The second kappa shape index (κ2) is 7.47. The van der Waals surface area contributed by atoms with E-state index >= 15 is 0 Å². The lowest BCUT2D eigenvalue weighted by Crippen LogP contribution is -2.30. The molecule has 1 aliphatic rings. The van der Waals surface area contributed by atoms with Crippen LogP contribution in [0, 0.1) is 0 Å². The van der Waals surface area contributed by atoms with Crippen LogP contribution in [0.3, 0.4) is 0 Å². The number of fused-ring (bicyclic) bond motifs is 1. The standard InChI is InChI=1S/C19H18N2O3S2/c1-20(2)15-8-7-12(13-5-3-4-6-14(13)15)11-16-18(24)21(19(25)26-16)10-9-17(22)23/h3-8,11H,9-10H2,1-2H3,(H,22,23). The first-order chi connectivity index (χ1) is 12.4. The van der Waals surface area contributed by atoms with Crippen LogP contribution in [0.4, 0.5) is 5.69 Å². The number of anilines is 1. The fourth-order valence-electron chi connectivity index (χ4n) is 2.86. The maximum atomic E-state index is 12.6. The number of benzene rings is 2. The van der Waals surface area contributed by atoms with Crippen LogP contribution in [0.15, 0.2) is 41.3 Å². The van der Waals surface area contributed by atoms with Crippen molar-refractivity contribution in [2.45, 2.75) is 6.42 Å². The van der Waals surface area contributed by atoms with Crippen LogP contribution in [0.2, 0.25) is 0 Å². The number of hydrogen-bond donors (Lipinski definition) is 1. The monoisotopic (exact) mass is 386 g/mol. The fraction of sp³-hybridized carbons (Fsp3) is 0.211. The Kier molecular flexibility index (Phi) is 5.29. The number of aliphatic carboxylic acids is 1. The molecule has 134 valence electrons. The lowest BCUT2D eigenvalue weighted by molar-refractivity contribution is -0.137. The molecule has 2 aromatic carbocycles. The Labute approximate surface area is 161 Å². The Balaban J connectivity index is 1.98. The zero-order valence-electron chi connectivity index (χ0n) is 14.4. The molecule has 1 saturated heterocycles. The van der Waals surface area contributed by atoms with Gasteiger partial charge in [-0.1, -0.05) is 54.3 Å². The highest BCUT2D eigenvalue weighted by molar-refractivity contribution is 8.26. The number of thioether (sulfide) groups is 1. The topological polar surface area (TPSA) is 60.9 Å². The van der Waals surface area contributed by atoms with E-state index < -0.39 is 5.97 Å². The van der Waals surface area contributed by atoms with Gasteiger partial charge in [0.1, 0.15) is 4.32 Å². The minimum absolute atomic E-state index is 0.0949. The van der Waals surface area contributed by atoms with Gasteiger partial charge in [0.05, 0.1) is 11.3 Å². The molecule has 0 aliphatic carbocycles. The Hall–Kier alpha value is -2.38. The molecule has 3 rings (SSSR count). The van der Waals surface area contributed by atoms with Gasteiger partial charge in [0, 0.05) is 31.7 Å². The SMILES string of the molecule is CN(C)c1ccc(C=C2SC(=S)N(CCC(=O)O)C2=O)c2ccccc12. The molecule has 1 fully saturated rings. The van der Waals surface area contributed by atoms with Gasteiger partial charge < -0.3 is 10.0 Å². The van der Waals surface area contributed by atoms with Crippen molar-refractivity contribution in [2.24, 2.45) is 0 Å². The van der Waals surface area contributed by atoms with Gasteiger partial charge in [-0.15, -0.1) is 0 Å². The van der Waals surface area contributed by atoms with Crippen molar-refractivity contribution in [1.29, 1.82) is 0 Å². The van der Waals surface area contributed by atoms with E-state index in [1.807, 2.05) is 50.5 Å². The first kappa shape index (κ1) is 18.4. The van der Waals surface area contributed by atoms with Crippen molar-refractivity contribution < 1.29 is 14.7 Å². The van der Waals surface area contributed by atoms with E-state index in [1.54, 1.807) is 0 Å². The minimum atomic E-state index is -0.951. The van der Waals surface area contributed by atoms with Crippen LogP contribution in [0.1, 0.15) is 12.0 Å². The average molecular weight is 386 g/mol. The third-order valence-electron chi connectivity index (χ3n) is 4.13. The number of carbonyl (C=O) groups excluding carboxylic acids is 1. The molecule has 2 aromatic rings. The van der Waals surface area contributed by atoms with Gasteiger partial charge in [-0.3, -0.25) is 14.5 Å². The molecule has 7 heteroatoms. The molecule has 1 amide bonds. The Morgan fingerprint density at radius 3 is 2.58 bits per heavy atom. The average Bonchev–Trinajstić information content (AvgIpc) is 2.86. The molecule has 1 heterocycles. The van der Waals surface area contributed by atoms with Crippen LogP contribution >= 0.6 is 24.0 Å². The highest BCUT2D eigenvalue weighted by atomic mass is 32.2. The van der Waals surface area contributed by atoms with Crippen LogP contribution in [0.25, 0.3) is 16.8 Å². The number of thiocarbonyl (C=S) groups is 1.